The Hall–Kier alpha value is -3.44. The number of nitrogens with zero attached hydrogens (tertiary/aromatic N) is 5. The van der Waals surface area contributed by atoms with Gasteiger partial charge in [-0.05, 0) is 37.8 Å². The molecule has 0 unspecified atom stereocenters. The fourth-order valence-electron chi connectivity index (χ4n) is 4.78. The zero-order chi connectivity index (χ0) is 24.0. The van der Waals surface area contributed by atoms with Gasteiger partial charge in [-0.15, -0.1) is 5.10 Å². The second-order valence-electron chi connectivity index (χ2n) is 8.93. The molecule has 0 spiro atoms. The molecule has 0 radical (unpaired) electrons. The lowest BCUT2D eigenvalue weighted by Crippen LogP contribution is -2.50. The Morgan fingerprint density at radius 1 is 1.26 bits per heavy atom. The van der Waals surface area contributed by atoms with Gasteiger partial charge in [-0.3, -0.25) is 9.59 Å². The number of amides is 1. The summed E-state index contributed by atoms with van der Waals surface area (Å²) in [7, 11) is 5.36. The molecule has 3 heterocycles. The molecule has 0 bridgehead atoms. The maximum Gasteiger partial charge on any atom is 0.274 e. The van der Waals surface area contributed by atoms with Gasteiger partial charge in [0.05, 0.1) is 30.1 Å². The molecule has 3 N–H and O–H groups in total. The molecule has 3 aromatic heterocycles. The number of primary amides is 1. The van der Waals surface area contributed by atoms with Crippen molar-refractivity contribution in [1.82, 2.24) is 19.2 Å². The lowest BCUT2D eigenvalue weighted by molar-refractivity contribution is 0.00522. The van der Waals surface area contributed by atoms with E-state index < -0.39 is 5.91 Å². The number of methoxy groups -OCH3 is 2. The molecule has 11 heteroatoms. The summed E-state index contributed by atoms with van der Waals surface area (Å²) in [5, 5.41) is 7.68. The number of fused-ring (bicyclic) bond motifs is 1. The molecule has 0 aliphatic heterocycles. The van der Waals surface area contributed by atoms with Gasteiger partial charge in [-0.2, -0.15) is 0 Å². The molecule has 11 nitrogen and oxygen atoms in total. The average molecular weight is 468 g/mol. The molecule has 2 atom stereocenters. The Kier molecular flexibility index (Phi) is 5.74. The second-order valence-corrected chi connectivity index (χ2v) is 8.93. The number of nitrogens with one attached hydrogen (secondary N) is 1. The molecule has 2 aliphatic rings. The minimum absolute atomic E-state index is 0.107. The number of likely N-dealkylation sites (N-methyl/N-ethyl adjacent to an activating group) is 1. The number of imidazole rings is 1. The lowest BCUT2D eigenvalue weighted by atomic mass is 9.87. The van der Waals surface area contributed by atoms with Gasteiger partial charge in [-0.25, -0.2) is 9.50 Å². The Balaban J connectivity index is 1.52. The number of carbonyl (C=O) groups excluding carboxylic acids is 1. The van der Waals surface area contributed by atoms with Crippen molar-refractivity contribution < 1.29 is 14.3 Å². The monoisotopic (exact) mass is 467 g/mol. The summed E-state index contributed by atoms with van der Waals surface area (Å²) in [6.45, 7) is 0. The van der Waals surface area contributed by atoms with Crippen molar-refractivity contribution in [3.8, 4) is 0 Å². The zero-order valence-electron chi connectivity index (χ0n) is 19.5. The summed E-state index contributed by atoms with van der Waals surface area (Å²) in [4.78, 5) is 31.6. The van der Waals surface area contributed by atoms with Crippen LogP contribution in [0.1, 0.15) is 42.2 Å². The van der Waals surface area contributed by atoms with Crippen molar-refractivity contribution in [2.24, 2.45) is 5.73 Å². The fraction of sp³-hybridized carbons (Fsp3) is 0.478. The number of rotatable bonds is 8. The number of hydrogen-bond acceptors (Lipinski definition) is 8. The highest BCUT2D eigenvalue weighted by molar-refractivity contribution is 5.92. The maximum atomic E-state index is 13.2. The van der Waals surface area contributed by atoms with Gasteiger partial charge in [0.25, 0.3) is 11.5 Å². The van der Waals surface area contributed by atoms with Crippen LogP contribution >= 0.6 is 0 Å². The van der Waals surface area contributed by atoms with Gasteiger partial charge < -0.3 is 30.0 Å². The zero-order valence-corrected chi connectivity index (χ0v) is 19.5. The summed E-state index contributed by atoms with van der Waals surface area (Å²) < 4.78 is 14.1. The van der Waals surface area contributed by atoms with Crippen LogP contribution in [0.2, 0.25) is 0 Å². The van der Waals surface area contributed by atoms with Crippen molar-refractivity contribution in [1.29, 1.82) is 0 Å². The van der Waals surface area contributed by atoms with E-state index in [4.69, 9.17) is 15.2 Å². The highest BCUT2D eigenvalue weighted by Gasteiger charge is 2.36. The van der Waals surface area contributed by atoms with Crippen molar-refractivity contribution in [2.45, 2.75) is 50.0 Å². The molecular formula is C23H29N7O4. The molecule has 0 aromatic carbocycles. The fourth-order valence-corrected chi connectivity index (χ4v) is 4.78. The third-order valence-electron chi connectivity index (χ3n) is 7.09. The van der Waals surface area contributed by atoms with Crippen molar-refractivity contribution in [3.63, 3.8) is 0 Å². The van der Waals surface area contributed by atoms with E-state index in [9.17, 15) is 9.59 Å². The van der Waals surface area contributed by atoms with Crippen LogP contribution in [0.4, 0.5) is 17.2 Å². The standard InChI is InChI=1S/C23H29N7O4/c1-28(16-6-7-19(16)34-3)17-11-20(27-30-18(21(24)31)12-25-22(17)30)26-15-5-4-8-29(23(15)32)13-9-14(10-13)33-2/h4-5,8,11-14,16,19H,6-7,9-10H2,1-3H3,(H2,24,31)(H,26,27)/t13?,14?,16-,19-/m0/s1. The van der Waals surface area contributed by atoms with Crippen LogP contribution in [0.5, 0.6) is 0 Å². The molecule has 2 aliphatic carbocycles. The van der Waals surface area contributed by atoms with Crippen LogP contribution in [0.25, 0.3) is 5.65 Å². The number of hydrogen-bond donors (Lipinski definition) is 2. The molecule has 2 saturated carbocycles. The van der Waals surface area contributed by atoms with Crippen LogP contribution in [0.3, 0.4) is 0 Å². The first-order valence-electron chi connectivity index (χ1n) is 11.4. The van der Waals surface area contributed by atoms with Gasteiger partial charge >= 0.3 is 0 Å². The largest absolute Gasteiger partial charge is 0.381 e. The van der Waals surface area contributed by atoms with Crippen molar-refractivity contribution in [3.05, 3.63) is 46.6 Å². The third kappa shape index (κ3) is 3.70. The van der Waals surface area contributed by atoms with Crippen molar-refractivity contribution in [2.75, 3.05) is 31.5 Å². The Labute approximate surface area is 196 Å². The van der Waals surface area contributed by atoms with E-state index in [1.807, 2.05) is 19.2 Å². The molecular weight excluding hydrogens is 438 g/mol. The molecule has 2 fully saturated rings. The minimum Gasteiger partial charge on any atom is -0.381 e. The summed E-state index contributed by atoms with van der Waals surface area (Å²) in [5.74, 6) is -0.231. The summed E-state index contributed by atoms with van der Waals surface area (Å²) in [6.07, 6.45) is 7.07. The Morgan fingerprint density at radius 3 is 2.71 bits per heavy atom. The minimum atomic E-state index is -0.635. The number of carbonyl (C=O) groups is 1. The van der Waals surface area contributed by atoms with Crippen LogP contribution in [0, 0.1) is 0 Å². The molecule has 1 amide bonds. The first kappa shape index (κ1) is 22.4. The van der Waals surface area contributed by atoms with Gasteiger partial charge in [0.2, 0.25) is 0 Å². The first-order chi connectivity index (χ1) is 16.4. The number of anilines is 3. The Morgan fingerprint density at radius 2 is 2.06 bits per heavy atom. The summed E-state index contributed by atoms with van der Waals surface area (Å²) >= 11 is 0. The van der Waals surface area contributed by atoms with Gasteiger partial charge in [-0.1, -0.05) is 0 Å². The molecule has 0 saturated heterocycles. The van der Waals surface area contributed by atoms with E-state index in [1.165, 1.54) is 10.7 Å². The average Bonchev–Trinajstić information content (AvgIpc) is 3.18. The predicted octanol–water partition coefficient (Wildman–Crippen LogP) is 1.70. The highest BCUT2D eigenvalue weighted by atomic mass is 16.5. The Bertz CT molecular complexity index is 1280. The first-order valence-corrected chi connectivity index (χ1v) is 11.4. The van der Waals surface area contributed by atoms with Crippen LogP contribution in [0.15, 0.2) is 35.4 Å². The van der Waals surface area contributed by atoms with E-state index >= 15 is 0 Å². The number of nitrogens with two attached hydrogens (primary N) is 1. The van der Waals surface area contributed by atoms with E-state index in [1.54, 1.807) is 31.0 Å². The molecule has 34 heavy (non-hydrogen) atoms. The smallest absolute Gasteiger partial charge is 0.274 e. The summed E-state index contributed by atoms with van der Waals surface area (Å²) in [5.41, 5.74) is 7.24. The molecule has 3 aromatic rings. The third-order valence-corrected chi connectivity index (χ3v) is 7.09. The van der Waals surface area contributed by atoms with E-state index in [2.05, 4.69) is 20.3 Å². The van der Waals surface area contributed by atoms with E-state index in [0.29, 0.717) is 17.2 Å². The van der Waals surface area contributed by atoms with Gasteiger partial charge in [0.1, 0.15) is 11.4 Å². The SMILES string of the molecule is COC1CC(n2cccc(Nc3cc(N(C)[C@H]4CC[C@@H]4OC)c4ncc(C(N)=O)n4n3)c2=O)C1. The topological polar surface area (TPSA) is 129 Å². The quantitative estimate of drug-likeness (QED) is 0.512. The normalized spacial score (nSPS) is 23.9. The lowest BCUT2D eigenvalue weighted by Gasteiger charge is -2.42. The highest BCUT2D eigenvalue weighted by Crippen LogP contribution is 2.35. The number of pyridine rings is 1. The number of ether oxygens (including phenoxy) is 2. The van der Waals surface area contributed by atoms with Gasteiger partial charge in [0, 0.05) is 39.6 Å². The second kappa shape index (κ2) is 8.73. The van der Waals surface area contributed by atoms with Crippen molar-refractivity contribution >= 4 is 28.7 Å². The maximum absolute atomic E-state index is 13.2. The van der Waals surface area contributed by atoms with Gasteiger partial charge in [0.15, 0.2) is 11.5 Å². The summed E-state index contributed by atoms with van der Waals surface area (Å²) in [6, 6.07) is 5.66. The molecule has 5 rings (SSSR count). The van der Waals surface area contributed by atoms with Crippen LogP contribution < -0.4 is 21.5 Å². The number of aromatic nitrogens is 4. The van der Waals surface area contributed by atoms with E-state index in [0.717, 1.165) is 31.4 Å². The van der Waals surface area contributed by atoms with E-state index in [-0.39, 0.29) is 35.5 Å². The van der Waals surface area contributed by atoms with Crippen LogP contribution in [-0.2, 0) is 9.47 Å². The predicted molar refractivity (Wildman–Crippen MR) is 127 cm³/mol. The van der Waals surface area contributed by atoms with Crippen LogP contribution in [-0.4, -0.2) is 64.6 Å². The molecule has 180 valence electrons.